The van der Waals surface area contributed by atoms with Crippen molar-refractivity contribution >= 4 is 5.97 Å². The number of hydrogen-bond acceptors (Lipinski definition) is 8. The van der Waals surface area contributed by atoms with Crippen LogP contribution in [-0.4, -0.2) is 88.1 Å². The van der Waals surface area contributed by atoms with E-state index in [0.717, 1.165) is 6.92 Å². The maximum atomic E-state index is 9.08. The molecule has 0 aliphatic carbocycles. The van der Waals surface area contributed by atoms with Gasteiger partial charge in [0.25, 0.3) is 0 Å². The second kappa shape index (κ2) is 11.3. The van der Waals surface area contributed by atoms with E-state index >= 15 is 0 Å². The Bertz CT molecular complexity index is 190. The molecule has 8 nitrogen and oxygen atoms in total. The monoisotopic (exact) mass is 268 g/mol. The molecule has 0 aromatic carbocycles. The van der Waals surface area contributed by atoms with Gasteiger partial charge < -0.3 is 35.4 Å². The third kappa shape index (κ3) is 7.54. The van der Waals surface area contributed by atoms with Crippen LogP contribution in [0.4, 0.5) is 0 Å². The Balaban J connectivity index is 0. The van der Waals surface area contributed by atoms with Crippen molar-refractivity contribution in [3.05, 3.63) is 0 Å². The molecule has 0 saturated carbocycles. The van der Waals surface area contributed by atoms with Crippen LogP contribution in [0.3, 0.4) is 0 Å². The Hall–Kier alpha value is -0.770. The van der Waals surface area contributed by atoms with E-state index in [9.17, 15) is 0 Å². The Labute approximate surface area is 106 Å². The smallest absolute Gasteiger partial charge is 0.0908 e. The number of β-amino-alcohol motifs (C(OH)–C–C–N with tert-alkyl or cyclic N) is 2. The van der Waals surface area contributed by atoms with Gasteiger partial charge in [0.1, 0.15) is 0 Å². The predicted molar refractivity (Wildman–Crippen MR) is 60.4 cm³/mol. The molecule has 0 aromatic rings. The molecule has 0 heterocycles. The highest BCUT2D eigenvalue weighted by molar-refractivity contribution is 5.60. The zero-order valence-electron chi connectivity index (χ0n) is 10.4. The summed E-state index contributed by atoms with van der Waals surface area (Å²) in [6, 6.07) is 0. The number of hydrogen-bond donors (Lipinski definition) is 5. The molecule has 0 spiro atoms. The second-order valence-corrected chi connectivity index (χ2v) is 3.62. The summed E-state index contributed by atoms with van der Waals surface area (Å²) in [5, 5.41) is 53.6. The summed E-state index contributed by atoms with van der Waals surface area (Å²) >= 11 is 0. The maximum Gasteiger partial charge on any atom is 0.0908 e. The Morgan fingerprint density at radius 2 is 1.28 bits per heavy atom. The molecule has 18 heavy (non-hydrogen) atoms. The fourth-order valence-electron chi connectivity index (χ4n) is 1.28. The second-order valence-electron chi connectivity index (χ2n) is 3.62. The minimum absolute atomic E-state index is 0.165. The highest BCUT2D eigenvalue weighted by atomic mass is 16.4. The van der Waals surface area contributed by atoms with E-state index in [-0.39, 0.29) is 26.3 Å². The first-order valence-corrected chi connectivity index (χ1v) is 5.41. The van der Waals surface area contributed by atoms with Crippen LogP contribution < -0.4 is 5.11 Å². The molecule has 0 bridgehead atoms. The lowest BCUT2D eigenvalue weighted by Gasteiger charge is -2.39. The Morgan fingerprint density at radius 3 is 1.44 bits per heavy atom. The molecule has 8 heteroatoms. The van der Waals surface area contributed by atoms with Gasteiger partial charge in [-0.1, -0.05) is 0 Å². The molecule has 0 unspecified atom stereocenters. The molecule has 0 fully saturated rings. The number of aliphatic hydroxyl groups is 5. The Morgan fingerprint density at radius 1 is 1.00 bits per heavy atom. The van der Waals surface area contributed by atoms with Gasteiger partial charge in [-0.15, -0.1) is 0 Å². The maximum absolute atomic E-state index is 9.08. The van der Waals surface area contributed by atoms with Gasteiger partial charge in [-0.25, -0.2) is 0 Å². The molecule has 0 rings (SSSR count). The number of aliphatic hydroxyl groups excluding tert-OH is 5. The molecule has 0 saturated heterocycles. The summed E-state index contributed by atoms with van der Waals surface area (Å²) < 4.78 is 0. The van der Waals surface area contributed by atoms with Gasteiger partial charge in [-0.05, 0) is 6.92 Å². The first-order valence-electron chi connectivity index (χ1n) is 5.41. The van der Waals surface area contributed by atoms with E-state index in [2.05, 4.69) is 0 Å². The van der Waals surface area contributed by atoms with Crippen LogP contribution in [0.5, 0.6) is 0 Å². The topological polar surface area (TPSA) is 145 Å². The Kier molecular flexibility index (Phi) is 12.3. The third-order valence-corrected chi connectivity index (χ3v) is 2.29. The van der Waals surface area contributed by atoms with E-state index < -0.39 is 31.3 Å². The summed E-state index contributed by atoms with van der Waals surface area (Å²) in [7, 11) is 0. The molecular weight excluding hydrogens is 246 g/mol. The lowest BCUT2D eigenvalue weighted by Crippen LogP contribution is -2.58. The van der Waals surface area contributed by atoms with Crippen molar-refractivity contribution in [3.8, 4) is 0 Å². The van der Waals surface area contributed by atoms with Crippen LogP contribution in [0.15, 0.2) is 0 Å². The summed E-state index contributed by atoms with van der Waals surface area (Å²) in [6.07, 6.45) is 0. The van der Waals surface area contributed by atoms with Crippen molar-refractivity contribution in [3.63, 3.8) is 0 Å². The molecule has 0 aliphatic rings. The lowest BCUT2D eigenvalue weighted by atomic mass is 10.0. The minimum Gasteiger partial charge on any atom is -0.550 e. The van der Waals surface area contributed by atoms with E-state index in [4.69, 9.17) is 35.4 Å². The van der Waals surface area contributed by atoms with Crippen LogP contribution >= 0.6 is 0 Å². The van der Waals surface area contributed by atoms with Crippen LogP contribution in [0.1, 0.15) is 6.92 Å². The fourth-order valence-corrected chi connectivity index (χ4v) is 1.28. The molecular formula is C10H22NO7-. The average molecular weight is 268 g/mol. The first kappa shape index (κ1) is 19.6. The molecule has 0 aliphatic heterocycles. The van der Waals surface area contributed by atoms with Crippen molar-refractivity contribution in [2.75, 3.05) is 46.1 Å². The predicted octanol–water partition coefficient (Wildman–Crippen LogP) is -4.26. The number of rotatable bonds is 8. The van der Waals surface area contributed by atoms with E-state index in [1.165, 1.54) is 4.90 Å². The molecule has 0 aromatic heterocycles. The molecule has 5 N–H and O–H groups in total. The highest BCUT2D eigenvalue weighted by Gasteiger charge is 2.34. The van der Waals surface area contributed by atoms with Crippen molar-refractivity contribution in [1.82, 2.24) is 4.90 Å². The van der Waals surface area contributed by atoms with Gasteiger partial charge in [-0.3, -0.25) is 4.90 Å². The zero-order chi connectivity index (χ0) is 14.6. The number of carbonyl (C=O) groups excluding carboxylic acids is 1. The number of carboxylic acids is 1. The van der Waals surface area contributed by atoms with Crippen LogP contribution in [0.25, 0.3) is 0 Å². The summed E-state index contributed by atoms with van der Waals surface area (Å²) in [4.78, 5) is 10.4. The summed E-state index contributed by atoms with van der Waals surface area (Å²) in [5.41, 5.74) is -1.18. The summed E-state index contributed by atoms with van der Waals surface area (Å²) in [6.45, 7) is -0.284. The number of nitrogens with zero attached hydrogens (tertiary/aromatic N) is 1. The van der Waals surface area contributed by atoms with Gasteiger partial charge >= 0.3 is 0 Å². The van der Waals surface area contributed by atoms with Gasteiger partial charge in [0.05, 0.1) is 38.6 Å². The van der Waals surface area contributed by atoms with Gasteiger partial charge in [0, 0.05) is 19.1 Å². The van der Waals surface area contributed by atoms with Gasteiger partial charge in [-0.2, -0.15) is 0 Å². The normalized spacial score (nSPS) is 11.1. The van der Waals surface area contributed by atoms with Gasteiger partial charge in [0.2, 0.25) is 0 Å². The average Bonchev–Trinajstić information content (AvgIpc) is 2.32. The summed E-state index contributed by atoms with van der Waals surface area (Å²) in [5.74, 6) is -1.08. The lowest BCUT2D eigenvalue weighted by molar-refractivity contribution is -0.302. The third-order valence-electron chi connectivity index (χ3n) is 2.29. The van der Waals surface area contributed by atoms with E-state index in [0.29, 0.717) is 0 Å². The number of carbonyl (C=O) groups is 1. The first-order chi connectivity index (χ1) is 8.43. The van der Waals surface area contributed by atoms with Crippen molar-refractivity contribution in [1.29, 1.82) is 0 Å². The molecule has 0 radical (unpaired) electrons. The largest absolute Gasteiger partial charge is 0.550 e. The SMILES string of the molecule is CC(=O)[O-].OCCN(CCO)C(CO)(CO)CO. The van der Waals surface area contributed by atoms with Crippen LogP contribution in [0.2, 0.25) is 0 Å². The minimum atomic E-state index is -1.18. The van der Waals surface area contributed by atoms with Gasteiger partial charge in [0.15, 0.2) is 0 Å². The zero-order valence-corrected chi connectivity index (χ0v) is 10.4. The quantitative estimate of drug-likeness (QED) is 0.297. The molecule has 0 amide bonds. The van der Waals surface area contributed by atoms with Crippen LogP contribution in [0, 0.1) is 0 Å². The standard InChI is InChI=1S/C8H19NO5.C2H4O2/c10-3-1-9(2-4-11)8(5-12,6-13)7-14;1-2(3)4/h10-14H,1-7H2;1H3,(H,3,4)/p-1. The number of aliphatic carboxylic acids is 1. The van der Waals surface area contributed by atoms with Crippen molar-refractivity contribution < 1.29 is 35.4 Å². The molecule has 110 valence electrons. The van der Waals surface area contributed by atoms with E-state index in [1.54, 1.807) is 0 Å². The number of carboxylic acid groups (broad SMARTS) is 1. The van der Waals surface area contributed by atoms with Crippen molar-refractivity contribution in [2.45, 2.75) is 12.5 Å². The highest BCUT2D eigenvalue weighted by Crippen LogP contribution is 2.13. The fraction of sp³-hybridized carbons (Fsp3) is 0.900. The van der Waals surface area contributed by atoms with Crippen molar-refractivity contribution in [2.24, 2.45) is 0 Å². The van der Waals surface area contributed by atoms with Crippen LogP contribution in [-0.2, 0) is 4.79 Å². The van der Waals surface area contributed by atoms with E-state index in [1.807, 2.05) is 0 Å². The molecule has 0 atom stereocenters.